The van der Waals surface area contributed by atoms with Gasteiger partial charge in [-0.2, -0.15) is 0 Å². The third kappa shape index (κ3) is 21.2. The second-order valence-electron chi connectivity index (χ2n) is 29.0. The molecule has 0 aliphatic heterocycles. The molecular weight excluding hydrogens is 1130 g/mol. The number of aromatic nitrogens is 3. The van der Waals surface area contributed by atoms with Gasteiger partial charge in [0.15, 0.2) is 18.7 Å². The second kappa shape index (κ2) is 35.1. The highest BCUT2D eigenvalue weighted by atomic mass is 16.6. The highest BCUT2D eigenvalue weighted by Gasteiger charge is 2.36. The zero-order valence-corrected chi connectivity index (χ0v) is 58.8. The molecule has 0 fully saturated rings. The van der Waals surface area contributed by atoms with Crippen molar-refractivity contribution < 1.29 is 43.9 Å². The summed E-state index contributed by atoms with van der Waals surface area (Å²) in [5.74, 6) is -4.84. The zero-order chi connectivity index (χ0) is 67.4. The fourth-order valence-electron chi connectivity index (χ4n) is 11.9. The van der Waals surface area contributed by atoms with Gasteiger partial charge in [-0.05, 0) is 127 Å². The molecule has 0 saturated carbocycles. The van der Waals surface area contributed by atoms with Crippen LogP contribution in [0.5, 0.6) is 17.2 Å². The first-order valence-electron chi connectivity index (χ1n) is 34.4. The van der Waals surface area contributed by atoms with Crippen LogP contribution in [0.25, 0.3) is 0 Å². The molecule has 15 heteroatoms. The molecule has 504 valence electrons. The van der Waals surface area contributed by atoms with Crippen molar-refractivity contribution in [2.45, 2.75) is 331 Å². The predicted molar refractivity (Wildman–Crippen MR) is 362 cm³/mol. The third-order valence-corrected chi connectivity index (χ3v) is 18.0. The number of unbranched alkanes of at least 4 members (excludes halogenated alkanes) is 18. The smallest absolute Gasteiger partial charge is 0.342 e. The van der Waals surface area contributed by atoms with E-state index in [4.69, 9.17) is 14.2 Å². The Labute approximate surface area is 539 Å². The monoisotopic (exact) mass is 1250 g/mol. The molecule has 4 aromatic rings. The maximum atomic E-state index is 16.0. The number of nitrogens with zero attached hydrogens (tertiary/aromatic N) is 3. The normalized spacial score (nSPS) is 14.2. The van der Waals surface area contributed by atoms with Crippen molar-refractivity contribution in [2.24, 2.45) is 0 Å². The van der Waals surface area contributed by atoms with Gasteiger partial charge in [-0.25, -0.2) is 28.1 Å². The molecule has 0 radical (unpaired) electrons. The van der Waals surface area contributed by atoms with Crippen LogP contribution in [0.4, 0.5) is 0 Å². The highest BCUT2D eigenvalue weighted by Crippen LogP contribution is 2.40. The van der Waals surface area contributed by atoms with E-state index in [0.717, 1.165) is 110 Å². The Morgan fingerprint density at radius 1 is 0.367 bits per heavy atom. The third-order valence-electron chi connectivity index (χ3n) is 18.0. The van der Waals surface area contributed by atoms with Crippen molar-refractivity contribution in [3.63, 3.8) is 0 Å². The Hall–Kier alpha value is -6.12. The van der Waals surface area contributed by atoms with Crippen LogP contribution < -0.4 is 17.1 Å². The second-order valence-corrected chi connectivity index (χ2v) is 29.0. The van der Waals surface area contributed by atoms with E-state index in [1.807, 2.05) is 62.3 Å². The largest absolute Gasteiger partial charge is 0.507 e. The number of benzene rings is 3. The first kappa shape index (κ1) is 76.3. The molecule has 90 heavy (non-hydrogen) atoms. The molecule has 0 bridgehead atoms. The number of rotatable bonds is 36. The van der Waals surface area contributed by atoms with E-state index in [0.29, 0.717) is 88.6 Å². The molecule has 0 aliphatic carbocycles. The molecule has 0 aliphatic rings. The van der Waals surface area contributed by atoms with E-state index < -0.39 is 87.7 Å². The lowest BCUT2D eigenvalue weighted by atomic mass is 9.82. The maximum Gasteiger partial charge on any atom is 0.342 e. The number of hydrogen-bond acceptors (Lipinski definition) is 12. The number of ether oxygens (including phenoxy) is 3. The fourth-order valence-corrected chi connectivity index (χ4v) is 11.9. The van der Waals surface area contributed by atoms with Crippen LogP contribution >= 0.6 is 0 Å². The number of phenolic OH excluding ortho intramolecular Hbond substituents is 3. The molecule has 0 spiro atoms. The summed E-state index contributed by atoms with van der Waals surface area (Å²) in [5, 5.41) is 33.7. The summed E-state index contributed by atoms with van der Waals surface area (Å²) in [6.45, 7) is 34.4. The molecule has 3 N–H and O–H groups in total. The Balaban J connectivity index is 2.12. The number of esters is 3. The summed E-state index contributed by atoms with van der Waals surface area (Å²) in [5.41, 5.74) is 0.215. The molecule has 1 aromatic heterocycles. The lowest BCUT2D eigenvalue weighted by molar-refractivity contribution is -0.158. The first-order chi connectivity index (χ1) is 42.2. The number of carbonyl (C=O) groups is 3. The Kier molecular flexibility index (Phi) is 29.7. The highest BCUT2D eigenvalue weighted by molar-refractivity contribution is 5.79. The molecule has 4 rings (SSSR count). The average molecular weight is 1250 g/mol. The van der Waals surface area contributed by atoms with Crippen LogP contribution in [0.3, 0.4) is 0 Å². The van der Waals surface area contributed by atoms with Crippen LogP contribution in [-0.2, 0) is 44.8 Å². The summed E-state index contributed by atoms with van der Waals surface area (Å²) in [6, 6.07) is 10.5. The van der Waals surface area contributed by atoms with E-state index >= 15 is 14.4 Å². The van der Waals surface area contributed by atoms with Gasteiger partial charge in [-0.1, -0.05) is 235 Å². The van der Waals surface area contributed by atoms with Crippen molar-refractivity contribution in [1.82, 2.24) is 13.7 Å². The number of phenols is 3. The van der Waals surface area contributed by atoms with Crippen molar-refractivity contribution in [3.05, 3.63) is 118 Å². The van der Waals surface area contributed by atoms with Gasteiger partial charge in [0.25, 0.3) is 0 Å². The molecule has 6 unspecified atom stereocenters. The summed E-state index contributed by atoms with van der Waals surface area (Å²) in [6.07, 6.45) is 13.4. The number of hydrogen-bond donors (Lipinski definition) is 3. The summed E-state index contributed by atoms with van der Waals surface area (Å²) >= 11 is 0. The predicted octanol–water partition coefficient (Wildman–Crippen LogP) is 18.1. The zero-order valence-electron chi connectivity index (χ0n) is 58.8. The fraction of sp³-hybridized carbons (Fsp3) is 0.680. The van der Waals surface area contributed by atoms with Gasteiger partial charge in [0.05, 0.1) is 17.8 Å². The summed E-state index contributed by atoms with van der Waals surface area (Å²) < 4.78 is 21.9. The number of aromatic hydroxyl groups is 3. The van der Waals surface area contributed by atoms with Gasteiger partial charge in [-0.3, -0.25) is 14.4 Å². The lowest BCUT2D eigenvalue weighted by Crippen LogP contribution is -2.58. The van der Waals surface area contributed by atoms with Gasteiger partial charge in [0.2, 0.25) is 0 Å². The van der Waals surface area contributed by atoms with Gasteiger partial charge in [0.1, 0.15) is 17.2 Å². The Bertz CT molecular complexity index is 2800. The molecule has 15 nitrogen and oxygen atoms in total. The Morgan fingerprint density at radius 2 is 0.567 bits per heavy atom. The van der Waals surface area contributed by atoms with Crippen LogP contribution in [0.2, 0.25) is 0 Å². The van der Waals surface area contributed by atoms with E-state index in [2.05, 4.69) is 20.8 Å². The lowest BCUT2D eigenvalue weighted by Gasteiger charge is -2.29. The van der Waals surface area contributed by atoms with Crippen molar-refractivity contribution in [1.29, 1.82) is 0 Å². The molecule has 6 atom stereocenters. The average Bonchev–Trinajstić information content (AvgIpc) is 0.800. The number of aryl methyl sites for hydroxylation is 3. The van der Waals surface area contributed by atoms with Crippen LogP contribution in [0, 0.1) is 20.8 Å². The van der Waals surface area contributed by atoms with Crippen molar-refractivity contribution in [2.75, 3.05) is 0 Å². The minimum Gasteiger partial charge on any atom is -0.507 e. The minimum atomic E-state index is -1.59. The van der Waals surface area contributed by atoms with E-state index in [-0.39, 0.29) is 36.5 Å². The van der Waals surface area contributed by atoms with E-state index in [1.54, 1.807) is 77.9 Å². The van der Waals surface area contributed by atoms with Gasteiger partial charge in [-0.15, -0.1) is 0 Å². The first-order valence-corrected chi connectivity index (χ1v) is 34.4. The van der Waals surface area contributed by atoms with Gasteiger partial charge < -0.3 is 29.5 Å². The van der Waals surface area contributed by atoms with Crippen molar-refractivity contribution >= 4 is 17.9 Å². The topological polar surface area (TPSA) is 206 Å². The quantitative estimate of drug-likeness (QED) is 0.0221. The standard InChI is InChI=1S/C75H117N3O12/c1-19-22-25-28-31-34-37-40-61(88-67(82)52(7)55-43-49(4)64(79)58(46-55)73(10,11)12)76-70(85)77(62(41-38-35-32-29-26-23-20-2)89-68(83)53(8)56-44-50(5)65(80)59(47-56)74(13,14)15)72(87)78(71(76)86)63(42-39-36-33-30-27-24-21-3)90-69(84)54(9)57-45-51(6)66(81)60(48-57)75(16,17)18/h43-48,52-54,61-63,79-81H,19-42H2,1-18H3. The van der Waals surface area contributed by atoms with Crippen LogP contribution in [0.1, 0.15) is 344 Å². The van der Waals surface area contributed by atoms with Gasteiger partial charge in [0, 0.05) is 19.3 Å². The SMILES string of the molecule is CCCCCCCCCC(OC(=O)C(C)c1cc(C)c(O)c(C(C)(C)C)c1)n1c(=O)n(C(CCCCCCCCC)OC(=O)C(C)c2cc(C)c(O)c(C(C)(C)C)c2)c(=O)n(C(CCCCCCCCC)OC(=O)C(C)c2cc(C)c(O)c(C(C)(C)C)c2)c1=O. The maximum absolute atomic E-state index is 16.0. The van der Waals surface area contributed by atoms with E-state index in [9.17, 15) is 29.7 Å². The molecule has 1 heterocycles. The van der Waals surface area contributed by atoms with Crippen LogP contribution in [-0.4, -0.2) is 46.9 Å². The van der Waals surface area contributed by atoms with Gasteiger partial charge >= 0.3 is 35.0 Å². The van der Waals surface area contributed by atoms with E-state index in [1.165, 1.54) is 0 Å². The summed E-state index contributed by atoms with van der Waals surface area (Å²) in [7, 11) is 0. The molecular formula is C75H117N3O12. The van der Waals surface area contributed by atoms with Crippen LogP contribution in [0.15, 0.2) is 50.8 Å². The minimum absolute atomic E-state index is 0.00738. The summed E-state index contributed by atoms with van der Waals surface area (Å²) in [4.78, 5) is 93.0. The number of carbonyl (C=O) groups excluding carboxylic acids is 3. The molecule has 0 saturated heterocycles. The van der Waals surface area contributed by atoms with Crippen molar-refractivity contribution in [3.8, 4) is 17.2 Å². The molecule has 0 amide bonds. The molecule has 3 aromatic carbocycles. The Morgan fingerprint density at radius 3 is 0.767 bits per heavy atom.